The summed E-state index contributed by atoms with van der Waals surface area (Å²) < 4.78 is 0. The minimum absolute atomic E-state index is 0.119. The molecule has 0 atom stereocenters. The normalized spacial score (nSPS) is 19.8. The zero-order valence-corrected chi connectivity index (χ0v) is 18.9. The van der Waals surface area contributed by atoms with Crippen LogP contribution in [0, 0.1) is 25.7 Å². The van der Waals surface area contributed by atoms with Crippen molar-refractivity contribution in [2.45, 2.75) is 53.0 Å². The minimum atomic E-state index is 0.119. The van der Waals surface area contributed by atoms with E-state index in [1.165, 1.54) is 28.7 Å². The Bertz CT molecular complexity index is 879. The maximum Gasteiger partial charge on any atom is 0.222 e. The molecule has 0 aliphatic carbocycles. The summed E-state index contributed by atoms with van der Waals surface area (Å²) in [4.78, 5) is 29.4. The molecule has 2 aliphatic heterocycles. The maximum atomic E-state index is 12.0. The highest BCUT2D eigenvalue weighted by Gasteiger charge is 2.28. The van der Waals surface area contributed by atoms with Crippen molar-refractivity contribution in [3.63, 3.8) is 0 Å². The number of nitrogens with one attached hydrogen (secondary N) is 1. The van der Waals surface area contributed by atoms with E-state index < -0.39 is 0 Å². The summed E-state index contributed by atoms with van der Waals surface area (Å²) >= 11 is 1.78. The number of amides is 1. The van der Waals surface area contributed by atoms with E-state index in [2.05, 4.69) is 35.9 Å². The van der Waals surface area contributed by atoms with Gasteiger partial charge in [-0.15, -0.1) is 11.3 Å². The summed E-state index contributed by atoms with van der Waals surface area (Å²) in [6.45, 7) is 11.6. The second-order valence-electron chi connectivity index (χ2n) is 8.76. The molecular weight excluding hydrogens is 382 g/mol. The number of aryl methyl sites for hydroxylation is 2. The molecule has 4 heterocycles. The monoisotopic (exact) mass is 415 g/mol. The fourth-order valence-corrected chi connectivity index (χ4v) is 5.59. The zero-order valence-electron chi connectivity index (χ0n) is 18.1. The lowest BCUT2D eigenvalue weighted by atomic mass is 9.96. The van der Waals surface area contributed by atoms with Gasteiger partial charge in [0.2, 0.25) is 5.91 Å². The minimum Gasteiger partial charge on any atom is -0.359 e. The van der Waals surface area contributed by atoms with Gasteiger partial charge in [-0.2, -0.15) is 0 Å². The standard InChI is InChI=1S/C22H33N5OS/c1-14-5-9-26(10-6-14)13-18-24-20(19-15(2)16(3)29-22(19)25-18)27-11-7-17(8-12-27)21(28)23-4/h14,17H,5-13H2,1-4H3,(H,23,28). The third-order valence-corrected chi connectivity index (χ3v) is 7.81. The van der Waals surface area contributed by atoms with Crippen LogP contribution in [0.1, 0.15) is 48.9 Å². The van der Waals surface area contributed by atoms with Crippen molar-refractivity contribution in [3.05, 3.63) is 16.3 Å². The first-order chi connectivity index (χ1) is 14.0. The van der Waals surface area contributed by atoms with E-state index in [0.29, 0.717) is 0 Å². The number of rotatable bonds is 4. The number of nitrogens with zero attached hydrogens (tertiary/aromatic N) is 4. The highest BCUT2D eigenvalue weighted by molar-refractivity contribution is 7.18. The van der Waals surface area contributed by atoms with Crippen LogP contribution in [0.2, 0.25) is 0 Å². The van der Waals surface area contributed by atoms with Gasteiger partial charge in [0, 0.05) is 30.9 Å². The number of hydrogen-bond donors (Lipinski definition) is 1. The summed E-state index contributed by atoms with van der Waals surface area (Å²) in [6, 6.07) is 0. The van der Waals surface area contributed by atoms with E-state index in [1.807, 2.05) is 0 Å². The van der Waals surface area contributed by atoms with E-state index >= 15 is 0 Å². The van der Waals surface area contributed by atoms with Crippen molar-refractivity contribution in [1.29, 1.82) is 0 Å². The zero-order chi connectivity index (χ0) is 20.5. The van der Waals surface area contributed by atoms with Crippen LogP contribution in [-0.4, -0.2) is 54.0 Å². The van der Waals surface area contributed by atoms with Crippen molar-refractivity contribution < 1.29 is 4.79 Å². The van der Waals surface area contributed by atoms with Crippen molar-refractivity contribution in [1.82, 2.24) is 20.2 Å². The van der Waals surface area contributed by atoms with Crippen LogP contribution in [0.15, 0.2) is 0 Å². The molecule has 0 bridgehead atoms. The molecule has 2 aromatic rings. The Morgan fingerprint density at radius 3 is 2.45 bits per heavy atom. The molecule has 7 heteroatoms. The maximum absolute atomic E-state index is 12.0. The molecule has 0 saturated carbocycles. The van der Waals surface area contributed by atoms with Gasteiger partial charge in [-0.05, 0) is 64.1 Å². The number of piperidine rings is 2. The van der Waals surface area contributed by atoms with E-state index in [1.54, 1.807) is 18.4 Å². The molecule has 29 heavy (non-hydrogen) atoms. The van der Waals surface area contributed by atoms with Crippen LogP contribution < -0.4 is 10.2 Å². The predicted octanol–water partition coefficient (Wildman–Crippen LogP) is 3.50. The molecule has 158 valence electrons. The molecule has 0 spiro atoms. The molecule has 0 unspecified atom stereocenters. The predicted molar refractivity (Wildman–Crippen MR) is 120 cm³/mol. The van der Waals surface area contributed by atoms with Gasteiger partial charge < -0.3 is 10.2 Å². The number of thiophene rings is 1. The van der Waals surface area contributed by atoms with Gasteiger partial charge in [0.05, 0.1) is 11.9 Å². The second kappa shape index (κ2) is 8.56. The number of carbonyl (C=O) groups excluding carboxylic acids is 1. The summed E-state index contributed by atoms with van der Waals surface area (Å²) in [6.07, 6.45) is 4.29. The average Bonchev–Trinajstić information content (AvgIpc) is 3.02. The van der Waals surface area contributed by atoms with Crippen LogP contribution in [-0.2, 0) is 11.3 Å². The number of aromatic nitrogens is 2. The first kappa shape index (κ1) is 20.5. The Hall–Kier alpha value is -1.73. The summed E-state index contributed by atoms with van der Waals surface area (Å²) in [7, 11) is 1.73. The Balaban J connectivity index is 1.60. The Labute approximate surface area is 177 Å². The second-order valence-corrected chi connectivity index (χ2v) is 9.96. The largest absolute Gasteiger partial charge is 0.359 e. The van der Waals surface area contributed by atoms with Crippen LogP contribution in [0.25, 0.3) is 10.2 Å². The van der Waals surface area contributed by atoms with Gasteiger partial charge in [0.15, 0.2) is 0 Å². The molecule has 0 aromatic carbocycles. The first-order valence-corrected chi connectivity index (χ1v) is 11.7. The molecule has 2 aromatic heterocycles. The van der Waals surface area contributed by atoms with Gasteiger partial charge >= 0.3 is 0 Å². The lowest BCUT2D eigenvalue weighted by molar-refractivity contribution is -0.125. The Morgan fingerprint density at radius 1 is 1.10 bits per heavy atom. The number of carbonyl (C=O) groups is 1. The SMILES string of the molecule is CNC(=O)C1CCN(c2nc(CN3CCC(C)CC3)nc3sc(C)c(C)c23)CC1. The van der Waals surface area contributed by atoms with E-state index in [9.17, 15) is 4.79 Å². The molecule has 2 aliphatic rings. The molecule has 2 fully saturated rings. The van der Waals surface area contributed by atoms with Crippen molar-refractivity contribution in [2.24, 2.45) is 11.8 Å². The summed E-state index contributed by atoms with van der Waals surface area (Å²) in [5.41, 5.74) is 1.30. The summed E-state index contributed by atoms with van der Waals surface area (Å²) in [5, 5.41) is 4.01. The van der Waals surface area contributed by atoms with E-state index in [-0.39, 0.29) is 11.8 Å². The van der Waals surface area contributed by atoms with Gasteiger partial charge in [-0.1, -0.05) is 6.92 Å². The van der Waals surface area contributed by atoms with Crippen molar-refractivity contribution >= 4 is 33.3 Å². The van der Waals surface area contributed by atoms with Crippen molar-refractivity contribution in [3.8, 4) is 0 Å². The molecule has 0 radical (unpaired) electrons. The van der Waals surface area contributed by atoms with Gasteiger partial charge in [-0.25, -0.2) is 9.97 Å². The van der Waals surface area contributed by atoms with Crippen molar-refractivity contribution in [2.75, 3.05) is 38.1 Å². The number of anilines is 1. The Morgan fingerprint density at radius 2 is 1.79 bits per heavy atom. The van der Waals surface area contributed by atoms with E-state index in [4.69, 9.17) is 9.97 Å². The molecule has 4 rings (SSSR count). The first-order valence-electron chi connectivity index (χ1n) is 10.9. The van der Waals surface area contributed by atoms with Crippen LogP contribution >= 0.6 is 11.3 Å². The molecule has 1 N–H and O–H groups in total. The quantitative estimate of drug-likeness (QED) is 0.828. The smallest absolute Gasteiger partial charge is 0.222 e. The highest BCUT2D eigenvalue weighted by Crippen LogP contribution is 2.36. The third-order valence-electron chi connectivity index (χ3n) is 6.71. The van der Waals surface area contributed by atoms with Gasteiger partial charge in [-0.3, -0.25) is 9.69 Å². The number of fused-ring (bicyclic) bond motifs is 1. The number of likely N-dealkylation sites (tertiary alicyclic amines) is 1. The molecule has 2 saturated heterocycles. The van der Waals surface area contributed by atoms with Gasteiger partial charge in [0.25, 0.3) is 0 Å². The van der Waals surface area contributed by atoms with Crippen LogP contribution in [0.3, 0.4) is 0 Å². The average molecular weight is 416 g/mol. The van der Waals surface area contributed by atoms with Crippen LogP contribution in [0.4, 0.5) is 5.82 Å². The van der Waals surface area contributed by atoms with E-state index in [0.717, 1.165) is 68.0 Å². The lowest BCUT2D eigenvalue weighted by Crippen LogP contribution is -2.40. The third kappa shape index (κ3) is 4.26. The lowest BCUT2D eigenvalue weighted by Gasteiger charge is -2.33. The molecule has 6 nitrogen and oxygen atoms in total. The molecular formula is C22H33N5OS. The summed E-state index contributed by atoms with van der Waals surface area (Å²) in [5.74, 6) is 3.13. The molecule has 1 amide bonds. The topological polar surface area (TPSA) is 61.4 Å². The fourth-order valence-electron chi connectivity index (χ4n) is 4.55. The van der Waals surface area contributed by atoms with Gasteiger partial charge in [0.1, 0.15) is 16.5 Å². The Kier molecular flexibility index (Phi) is 6.06. The highest BCUT2D eigenvalue weighted by atomic mass is 32.1. The fraction of sp³-hybridized carbons (Fsp3) is 0.682. The van der Waals surface area contributed by atoms with Crippen LogP contribution in [0.5, 0.6) is 0 Å². The number of hydrogen-bond acceptors (Lipinski definition) is 6.